The van der Waals surface area contributed by atoms with E-state index < -0.39 is 17.7 Å². The van der Waals surface area contributed by atoms with Crippen molar-refractivity contribution < 1.29 is 9.53 Å². The van der Waals surface area contributed by atoms with Gasteiger partial charge in [0.25, 0.3) is 0 Å². The molecule has 0 bridgehead atoms. The molecule has 1 amide bonds. The topological polar surface area (TPSA) is 65.8 Å². The molecule has 0 heterocycles. The molecule has 0 aliphatic carbocycles. The first-order chi connectivity index (χ1) is 9.87. The summed E-state index contributed by atoms with van der Waals surface area (Å²) in [5, 5.41) is 3.63. The summed E-state index contributed by atoms with van der Waals surface area (Å²) in [4.78, 5) is 13.7. The Kier molecular flexibility index (Phi) is 6.09. The van der Waals surface area contributed by atoms with E-state index in [1.54, 1.807) is 6.08 Å². The molecule has 0 aromatic heterocycles. The van der Waals surface area contributed by atoms with Crippen molar-refractivity contribution in [1.82, 2.24) is 4.90 Å². The fraction of sp³-hybridized carbons (Fsp3) is 0.438. The highest BCUT2D eigenvalue weighted by Crippen LogP contribution is 2.19. The van der Waals surface area contributed by atoms with Crippen molar-refractivity contribution in [2.45, 2.75) is 32.4 Å². The zero-order valence-corrected chi connectivity index (χ0v) is 12.9. The third kappa shape index (κ3) is 5.77. The van der Waals surface area contributed by atoms with Gasteiger partial charge in [0.15, 0.2) is 0 Å². The lowest BCUT2D eigenvalue weighted by molar-refractivity contribution is 0.0260. The summed E-state index contributed by atoms with van der Waals surface area (Å²) in [6.45, 7) is 9.76. The molecule has 114 valence electrons. The zero-order chi connectivity index (χ0) is 15.9. The molecule has 1 aromatic rings. The second-order valence-electron chi connectivity index (χ2n) is 5.73. The standard InChI is InChI=1S/C16H23N3O2/c1-5-11-19(15(20)21-16(2,3)4)12-14(18-17)13-9-7-6-8-10-13/h5-10,14,17H,1,11-12H2,2-4H3. The van der Waals surface area contributed by atoms with Crippen molar-refractivity contribution in [3.63, 3.8) is 0 Å². The molecule has 0 spiro atoms. The first-order valence-electron chi connectivity index (χ1n) is 6.87. The van der Waals surface area contributed by atoms with Gasteiger partial charge in [0.1, 0.15) is 11.6 Å². The lowest BCUT2D eigenvalue weighted by Gasteiger charge is -2.28. The number of nitrogens with one attached hydrogen (secondary N) is 1. The van der Waals surface area contributed by atoms with Crippen LogP contribution in [0.1, 0.15) is 32.4 Å². The fourth-order valence-electron chi connectivity index (χ4n) is 1.81. The summed E-state index contributed by atoms with van der Waals surface area (Å²) in [7, 11) is 0. The van der Waals surface area contributed by atoms with Crippen LogP contribution in [0.3, 0.4) is 0 Å². The van der Waals surface area contributed by atoms with E-state index in [0.717, 1.165) is 5.56 Å². The summed E-state index contributed by atoms with van der Waals surface area (Å²) in [6, 6.07) is 9.06. The van der Waals surface area contributed by atoms with Crippen molar-refractivity contribution >= 4 is 6.09 Å². The van der Waals surface area contributed by atoms with Gasteiger partial charge in [0, 0.05) is 6.54 Å². The van der Waals surface area contributed by atoms with Crippen LogP contribution in [0.4, 0.5) is 4.79 Å². The molecule has 0 fully saturated rings. The van der Waals surface area contributed by atoms with Crippen LogP contribution in [0.15, 0.2) is 48.1 Å². The second kappa shape index (κ2) is 7.57. The molecule has 21 heavy (non-hydrogen) atoms. The minimum atomic E-state index is -0.559. The van der Waals surface area contributed by atoms with Crippen molar-refractivity contribution in [3.8, 4) is 0 Å². The first-order valence-corrected chi connectivity index (χ1v) is 6.87. The summed E-state index contributed by atoms with van der Waals surface area (Å²) < 4.78 is 5.37. The van der Waals surface area contributed by atoms with E-state index in [0.29, 0.717) is 6.54 Å². The van der Waals surface area contributed by atoms with E-state index in [1.165, 1.54) is 4.90 Å². The molecular formula is C16H23N3O2. The number of carbonyl (C=O) groups is 1. The van der Waals surface area contributed by atoms with Gasteiger partial charge in [-0.05, 0) is 26.3 Å². The molecule has 5 heteroatoms. The first kappa shape index (κ1) is 16.9. The minimum Gasteiger partial charge on any atom is -0.444 e. The second-order valence-corrected chi connectivity index (χ2v) is 5.73. The Labute approximate surface area is 126 Å². The van der Waals surface area contributed by atoms with Gasteiger partial charge in [-0.25, -0.2) is 10.3 Å². The lowest BCUT2D eigenvalue weighted by Crippen LogP contribution is -2.39. The third-order valence-electron chi connectivity index (χ3n) is 2.73. The molecule has 1 aromatic carbocycles. The maximum atomic E-state index is 12.2. The van der Waals surface area contributed by atoms with Gasteiger partial charge < -0.3 is 9.64 Å². The Hall–Kier alpha value is -2.17. The van der Waals surface area contributed by atoms with Crippen molar-refractivity contribution in [1.29, 1.82) is 5.53 Å². The van der Waals surface area contributed by atoms with Crippen molar-refractivity contribution in [2.24, 2.45) is 5.11 Å². The number of benzene rings is 1. The molecule has 0 aliphatic rings. The Bertz CT molecular complexity index is 480. The number of ether oxygens (including phenoxy) is 1. The molecule has 0 radical (unpaired) electrons. The van der Waals surface area contributed by atoms with E-state index in [4.69, 9.17) is 10.3 Å². The molecule has 0 aliphatic heterocycles. The maximum absolute atomic E-state index is 12.2. The Balaban J connectivity index is 2.83. The van der Waals surface area contributed by atoms with Crippen LogP contribution >= 0.6 is 0 Å². The van der Waals surface area contributed by atoms with Crippen LogP contribution in [0.25, 0.3) is 0 Å². The Morgan fingerprint density at radius 3 is 2.52 bits per heavy atom. The molecule has 0 saturated carbocycles. The van der Waals surface area contributed by atoms with Crippen LogP contribution in [0.2, 0.25) is 0 Å². The highest BCUT2D eigenvalue weighted by molar-refractivity contribution is 5.68. The smallest absolute Gasteiger partial charge is 0.410 e. The van der Waals surface area contributed by atoms with Crippen molar-refractivity contribution in [3.05, 3.63) is 48.6 Å². The SMILES string of the molecule is C=CCN(CC(N=N)c1ccccc1)C(=O)OC(C)(C)C. The number of hydrogen-bond acceptors (Lipinski definition) is 4. The zero-order valence-electron chi connectivity index (χ0n) is 12.9. The van der Waals surface area contributed by atoms with Crippen LogP contribution in [-0.2, 0) is 4.74 Å². The van der Waals surface area contributed by atoms with E-state index in [2.05, 4.69) is 11.7 Å². The largest absolute Gasteiger partial charge is 0.444 e. The average Bonchev–Trinajstić information content (AvgIpc) is 2.42. The Morgan fingerprint density at radius 1 is 1.43 bits per heavy atom. The van der Waals surface area contributed by atoms with Crippen LogP contribution in [0, 0.1) is 5.53 Å². The number of rotatable bonds is 6. The van der Waals surface area contributed by atoms with Gasteiger partial charge >= 0.3 is 6.09 Å². The van der Waals surface area contributed by atoms with E-state index in [9.17, 15) is 4.79 Å². The molecule has 1 rings (SSSR count). The van der Waals surface area contributed by atoms with Gasteiger partial charge in [0.2, 0.25) is 0 Å². The summed E-state index contributed by atoms with van der Waals surface area (Å²) in [5.41, 5.74) is 7.70. The predicted octanol–water partition coefficient (Wildman–Crippen LogP) is 4.18. The number of hydrogen-bond donors (Lipinski definition) is 1. The number of amides is 1. The molecule has 1 unspecified atom stereocenters. The van der Waals surface area contributed by atoms with Crippen molar-refractivity contribution in [2.75, 3.05) is 13.1 Å². The average molecular weight is 289 g/mol. The lowest BCUT2D eigenvalue weighted by atomic mass is 10.1. The van der Waals surface area contributed by atoms with Gasteiger partial charge in [-0.2, -0.15) is 5.11 Å². The van der Waals surface area contributed by atoms with E-state index >= 15 is 0 Å². The quantitative estimate of drug-likeness (QED) is 0.630. The van der Waals surface area contributed by atoms with E-state index in [1.807, 2.05) is 51.1 Å². The molecule has 0 saturated heterocycles. The van der Waals surface area contributed by atoms with Gasteiger partial charge in [-0.1, -0.05) is 36.4 Å². The van der Waals surface area contributed by atoms with Gasteiger partial charge in [-0.15, -0.1) is 6.58 Å². The monoisotopic (exact) mass is 289 g/mol. The van der Waals surface area contributed by atoms with Crippen LogP contribution in [-0.4, -0.2) is 29.7 Å². The highest BCUT2D eigenvalue weighted by Gasteiger charge is 2.24. The summed E-state index contributed by atoms with van der Waals surface area (Å²) >= 11 is 0. The molecule has 1 N–H and O–H groups in total. The van der Waals surface area contributed by atoms with Gasteiger partial charge in [-0.3, -0.25) is 0 Å². The predicted molar refractivity (Wildman–Crippen MR) is 82.3 cm³/mol. The normalized spacial score (nSPS) is 12.3. The Morgan fingerprint density at radius 2 is 2.05 bits per heavy atom. The molecular weight excluding hydrogens is 266 g/mol. The maximum Gasteiger partial charge on any atom is 0.410 e. The minimum absolute atomic E-state index is 0.286. The van der Waals surface area contributed by atoms with Crippen LogP contribution in [0.5, 0.6) is 0 Å². The van der Waals surface area contributed by atoms with Crippen LogP contribution < -0.4 is 0 Å². The number of carbonyl (C=O) groups excluding carboxylic acids is 1. The third-order valence-corrected chi connectivity index (χ3v) is 2.73. The highest BCUT2D eigenvalue weighted by atomic mass is 16.6. The number of nitrogens with zero attached hydrogens (tertiary/aromatic N) is 2. The van der Waals surface area contributed by atoms with E-state index in [-0.39, 0.29) is 6.54 Å². The summed E-state index contributed by atoms with van der Waals surface area (Å²) in [6.07, 6.45) is 1.21. The molecule has 5 nitrogen and oxygen atoms in total. The van der Waals surface area contributed by atoms with Gasteiger partial charge in [0.05, 0.1) is 6.54 Å². The summed E-state index contributed by atoms with van der Waals surface area (Å²) in [5.74, 6) is 0. The molecule has 1 atom stereocenters. The fourth-order valence-corrected chi connectivity index (χ4v) is 1.81.